The second kappa shape index (κ2) is 33.9. The number of esters is 2. The summed E-state index contributed by atoms with van der Waals surface area (Å²) in [7, 11) is -2.87. The Hall–Kier alpha value is -4.82. The molecule has 0 radical (unpaired) electrons. The number of nitrogens with zero attached hydrogens (tertiary/aromatic N) is 3. The van der Waals surface area contributed by atoms with Crippen LogP contribution in [0, 0.1) is 0 Å². The lowest BCUT2D eigenvalue weighted by molar-refractivity contribution is -0.142. The molecule has 4 aliphatic heterocycles. The highest BCUT2D eigenvalue weighted by Gasteiger charge is 2.39. The Morgan fingerprint density at radius 2 is 0.893 bits per heavy atom. The molecule has 3 aromatic carbocycles. The molecule has 0 aliphatic carbocycles. The van der Waals surface area contributed by atoms with Gasteiger partial charge < -0.3 is 29.9 Å². The third kappa shape index (κ3) is 24.9. The van der Waals surface area contributed by atoms with Crippen LogP contribution < -0.4 is 5.32 Å². The number of likely N-dealkylation sites (tertiary alicyclic amines) is 1. The van der Waals surface area contributed by atoms with Gasteiger partial charge in [0.05, 0.1) is 71.3 Å². The van der Waals surface area contributed by atoms with E-state index in [9.17, 15) is 83.9 Å². The van der Waals surface area contributed by atoms with Gasteiger partial charge in [-0.1, -0.05) is 43.9 Å². The number of carboxylic acid groups (broad SMARTS) is 2. The summed E-state index contributed by atoms with van der Waals surface area (Å²) < 4.78 is 197. The van der Waals surface area contributed by atoms with Crippen LogP contribution in [0.25, 0.3) is 0 Å². The van der Waals surface area contributed by atoms with E-state index in [1.54, 1.807) is 0 Å². The van der Waals surface area contributed by atoms with E-state index >= 15 is 0 Å². The van der Waals surface area contributed by atoms with Crippen molar-refractivity contribution >= 4 is 76.1 Å². The Morgan fingerprint density at radius 3 is 1.26 bits per heavy atom. The van der Waals surface area contributed by atoms with Crippen molar-refractivity contribution in [1.82, 2.24) is 18.8 Å². The summed E-state index contributed by atoms with van der Waals surface area (Å²) in [5.41, 5.74) is -3.12. The molecule has 4 saturated heterocycles. The fourth-order valence-electron chi connectivity index (χ4n) is 9.21. The molecular formula is C52H69Cl2F9N4O14S3. The Labute approximate surface area is 493 Å². The normalized spacial score (nSPS) is 20.2. The maximum absolute atomic E-state index is 12.8. The van der Waals surface area contributed by atoms with Crippen molar-refractivity contribution in [3.63, 3.8) is 0 Å². The van der Waals surface area contributed by atoms with Gasteiger partial charge in [0.1, 0.15) is 0 Å². The number of alkyl halides is 9. The molecule has 84 heavy (non-hydrogen) atoms. The highest BCUT2D eigenvalue weighted by Crippen LogP contribution is 2.36. The van der Waals surface area contributed by atoms with Crippen LogP contribution in [0.5, 0.6) is 0 Å². The van der Waals surface area contributed by atoms with Crippen LogP contribution in [0.4, 0.5) is 39.5 Å². The monoisotopic (exact) mass is 1310 g/mol. The summed E-state index contributed by atoms with van der Waals surface area (Å²) in [4.78, 5) is 44.3. The zero-order chi connectivity index (χ0) is 62.6. The van der Waals surface area contributed by atoms with Crippen LogP contribution in [-0.4, -0.2) is 144 Å². The van der Waals surface area contributed by atoms with Gasteiger partial charge in [0.2, 0.25) is 20.0 Å². The zero-order valence-corrected chi connectivity index (χ0v) is 49.9. The van der Waals surface area contributed by atoms with Crippen molar-refractivity contribution in [3.8, 4) is 0 Å². The van der Waals surface area contributed by atoms with Crippen LogP contribution in [-0.2, 0) is 76.3 Å². The first-order chi connectivity index (χ1) is 38.5. The number of hydrogen-bond acceptors (Lipinski definition) is 14. The largest absolute Gasteiger partial charge is 0.481 e. The number of hydrogen-bond donors (Lipinski definition) is 3. The minimum atomic E-state index is -4.64. The number of carbonyl (C=O) groups is 4. The number of rotatable bonds is 13. The molecule has 0 aromatic heterocycles. The van der Waals surface area contributed by atoms with Crippen molar-refractivity contribution in [2.24, 2.45) is 0 Å². The first-order valence-electron chi connectivity index (χ1n) is 26.0. The Balaban J connectivity index is 0.000000372. The van der Waals surface area contributed by atoms with E-state index in [1.807, 2.05) is 7.05 Å². The molecule has 4 heterocycles. The number of benzene rings is 3. The lowest BCUT2D eigenvalue weighted by Crippen LogP contribution is -2.44. The summed E-state index contributed by atoms with van der Waals surface area (Å²) in [6.07, 6.45) is -3.06. The van der Waals surface area contributed by atoms with Gasteiger partial charge in [-0.25, -0.2) is 25.3 Å². The Kier molecular flexibility index (Phi) is 30.4. The number of halogens is 11. The van der Waals surface area contributed by atoms with Crippen molar-refractivity contribution in [1.29, 1.82) is 0 Å². The molecule has 4 unspecified atom stereocenters. The summed E-state index contributed by atoms with van der Waals surface area (Å²) in [5, 5.41) is 20.7. The molecule has 4 atom stereocenters. The van der Waals surface area contributed by atoms with Crippen molar-refractivity contribution < 1.29 is 104 Å². The Bertz CT molecular complexity index is 2960. The molecule has 0 bridgehead atoms. The molecule has 3 N–H and O–H groups in total. The minimum absolute atomic E-state index is 0. The smallest absolute Gasteiger partial charge is 0.416 e. The first kappa shape index (κ1) is 75.3. The molecule has 0 saturated carbocycles. The maximum atomic E-state index is 12.8. The van der Waals surface area contributed by atoms with Crippen LogP contribution in [0.1, 0.15) is 119 Å². The van der Waals surface area contributed by atoms with Gasteiger partial charge >= 0.3 is 42.4 Å². The van der Waals surface area contributed by atoms with Gasteiger partial charge in [-0.3, -0.25) is 19.2 Å². The average Bonchev–Trinajstić information content (AvgIpc) is 2.10. The highest BCUT2D eigenvalue weighted by atomic mass is 35.7. The fourth-order valence-corrected chi connectivity index (χ4v) is 13.5. The molecule has 32 heteroatoms. The molecule has 4 fully saturated rings. The number of aliphatic carboxylic acids is 2. The summed E-state index contributed by atoms with van der Waals surface area (Å²) in [6.45, 7) is 2.37. The van der Waals surface area contributed by atoms with Gasteiger partial charge in [-0.15, -0.1) is 12.4 Å². The molecule has 476 valence electrons. The molecule has 0 spiro atoms. The number of sulfonamides is 2. The van der Waals surface area contributed by atoms with Crippen LogP contribution >= 0.6 is 23.1 Å². The summed E-state index contributed by atoms with van der Waals surface area (Å²) >= 11 is 0. The van der Waals surface area contributed by atoms with Crippen LogP contribution in [0.3, 0.4) is 0 Å². The average molecular weight is 1310 g/mol. The second-order valence-corrected chi connectivity index (χ2v) is 25.9. The third-order valence-corrected chi connectivity index (χ3v) is 18.8. The van der Waals surface area contributed by atoms with Gasteiger partial charge in [0, 0.05) is 47.9 Å². The molecule has 18 nitrogen and oxygen atoms in total. The molecule has 4 aliphatic rings. The lowest BCUT2D eigenvalue weighted by atomic mass is 10.0. The standard InChI is InChI=1S/C15H18F3NO4S.C14H16F3NO4S.2C8H15NO2.C7H4ClF3O2S.ClH/c1-23-14(20)10-12-6-2-3-8-19(12)24(21,22)13-7-4-5-11(9-13)15(16,17)18;15-14(16,17)10-4-3-6-12(8-10)23(21,22)18-7-2-1-5-11(18)9-13(19)20;1-11-8(10)6-7-4-2-3-5-9-7;1-9-5-3-2-4-7(9)6-8(10)11;8-14(12,13)6-3-1-2-5(4-6)7(9,10)11;/h4-5,7,9,12H,2-3,6,8,10H2,1H3;3-4,6,8,11H,1-2,5,7,9H2,(H,19,20);7,9H,2-6H2,1H3;7H,2-6H2,1H3,(H,10,11);1-4H;1H. The van der Waals surface area contributed by atoms with Crippen molar-refractivity contribution in [3.05, 3.63) is 89.5 Å². The van der Waals surface area contributed by atoms with E-state index in [4.69, 9.17) is 20.9 Å². The molecular weight excluding hydrogens is 1240 g/mol. The van der Waals surface area contributed by atoms with Gasteiger partial charge in [0.15, 0.2) is 0 Å². The minimum Gasteiger partial charge on any atom is -0.481 e. The maximum Gasteiger partial charge on any atom is 0.416 e. The van der Waals surface area contributed by atoms with Crippen LogP contribution in [0.2, 0.25) is 0 Å². The van der Waals surface area contributed by atoms with E-state index in [1.165, 1.54) is 39.9 Å². The number of methoxy groups -OCH3 is 2. The number of piperidine rings is 4. The topological polar surface area (TPSA) is 251 Å². The van der Waals surface area contributed by atoms with E-state index in [0.717, 1.165) is 95.6 Å². The lowest BCUT2D eigenvalue weighted by Gasteiger charge is -2.34. The predicted molar refractivity (Wildman–Crippen MR) is 291 cm³/mol. The summed E-state index contributed by atoms with van der Waals surface area (Å²) in [6, 6.07) is 9.69. The number of ether oxygens (including phenoxy) is 2. The number of carboxylic acids is 2. The Morgan fingerprint density at radius 1 is 0.536 bits per heavy atom. The van der Waals surface area contributed by atoms with Gasteiger partial charge in [-0.05, 0) is 126 Å². The second-order valence-electron chi connectivity index (χ2n) is 19.6. The van der Waals surface area contributed by atoms with E-state index in [2.05, 4.69) is 19.7 Å². The number of nitrogens with one attached hydrogen (secondary N) is 1. The SMILES string of the molecule is CN1CCCCC1CC(=O)O.COC(=O)CC1CCCCN1.COC(=O)CC1CCCCN1S(=O)(=O)c1cccc(C(F)(F)F)c1.Cl.O=C(O)CC1CCCCN1S(=O)(=O)c1cccc(C(F)(F)F)c1.O=S(=O)(Cl)c1cccc(C(F)(F)F)c1. The third-order valence-electron chi connectivity index (χ3n) is 13.6. The molecule has 7 rings (SSSR count). The zero-order valence-electron chi connectivity index (χ0n) is 45.9. The highest BCUT2D eigenvalue weighted by molar-refractivity contribution is 8.13. The van der Waals surface area contributed by atoms with Crippen molar-refractivity contribution in [2.45, 2.75) is 160 Å². The van der Waals surface area contributed by atoms with Crippen molar-refractivity contribution in [2.75, 3.05) is 47.4 Å². The first-order valence-corrected chi connectivity index (χ1v) is 31.2. The quantitative estimate of drug-likeness (QED) is 0.0817. The van der Waals surface area contributed by atoms with E-state index < -0.39 is 109 Å². The predicted octanol–water partition coefficient (Wildman–Crippen LogP) is 10.2. The number of carbonyl (C=O) groups excluding carboxylic acids is 2. The van der Waals surface area contributed by atoms with E-state index in [-0.39, 0.29) is 50.3 Å². The summed E-state index contributed by atoms with van der Waals surface area (Å²) in [5.74, 6) is -2.47. The molecule has 3 aromatic rings. The van der Waals surface area contributed by atoms with Crippen LogP contribution in [0.15, 0.2) is 87.5 Å². The molecule has 0 amide bonds. The van der Waals surface area contributed by atoms with Gasteiger partial charge in [-0.2, -0.15) is 48.1 Å². The van der Waals surface area contributed by atoms with Gasteiger partial charge in [0.25, 0.3) is 9.05 Å². The van der Waals surface area contributed by atoms with E-state index in [0.29, 0.717) is 69.2 Å². The fraction of sp³-hybridized carbons (Fsp3) is 0.577.